The van der Waals surface area contributed by atoms with E-state index in [1.54, 1.807) is 30.3 Å². The first-order valence-electron chi connectivity index (χ1n) is 21.3. The van der Waals surface area contributed by atoms with E-state index < -0.39 is 0 Å². The van der Waals surface area contributed by atoms with Crippen molar-refractivity contribution in [2.24, 2.45) is 35.5 Å². The van der Waals surface area contributed by atoms with Crippen molar-refractivity contribution >= 4 is 0 Å². The van der Waals surface area contributed by atoms with Gasteiger partial charge in [-0.2, -0.15) is 0 Å². The average molecular weight is 751 g/mol. The number of rotatable bonds is 5. The molecular weight excluding hydrogens is 673 g/mol. The van der Waals surface area contributed by atoms with Crippen molar-refractivity contribution in [2.45, 2.75) is 147 Å². The minimum Gasteiger partial charge on any atom is -0.508 e. The van der Waals surface area contributed by atoms with Crippen LogP contribution in [0.1, 0.15) is 137 Å². The van der Waals surface area contributed by atoms with Crippen LogP contribution in [0.15, 0.2) is 78.9 Å². The van der Waals surface area contributed by atoms with Crippen LogP contribution in [-0.2, 0) is 12.8 Å². The molecule has 0 bridgehead atoms. The Hall–Kier alpha value is -3.72. The van der Waals surface area contributed by atoms with Gasteiger partial charge in [0.2, 0.25) is 0 Å². The zero-order valence-corrected chi connectivity index (χ0v) is 36.9. The van der Waals surface area contributed by atoms with Gasteiger partial charge in [0.15, 0.2) is 0 Å². The topological polar surface area (TPSA) is 60.7 Å². The molecule has 4 aromatic carbocycles. The number of hydrogen-bond donors (Lipinski definition) is 3. The molecule has 2 saturated carbocycles. The Morgan fingerprint density at radius 2 is 0.818 bits per heavy atom. The standard InChI is InChI=1S/C18H22O.2C10H20.2C7H8O/c1-12-5-8-18(19)17(10-12)7-6-16-11-13(2)9-14(3)15(16)4;2*1-8(2)10-6-4-9(3)5-7-10;2*1-6-2-4-7(8)5-3-6/h5,8-11,19H,6-7H2,1-4H3;2*8-10H,4-7H2,1-3H3;2*2-5,8H,1H3. The van der Waals surface area contributed by atoms with E-state index >= 15 is 0 Å². The van der Waals surface area contributed by atoms with Crippen LogP contribution in [0, 0.1) is 77.0 Å². The summed E-state index contributed by atoms with van der Waals surface area (Å²) in [6.45, 7) is 26.7. The second kappa shape index (κ2) is 24.7. The summed E-state index contributed by atoms with van der Waals surface area (Å²) in [5, 5.41) is 27.4. The van der Waals surface area contributed by atoms with Crippen molar-refractivity contribution in [3.8, 4) is 17.2 Å². The Morgan fingerprint density at radius 3 is 1.20 bits per heavy atom. The summed E-state index contributed by atoms with van der Waals surface area (Å²) in [5.41, 5.74) is 10.0. The van der Waals surface area contributed by atoms with Crippen molar-refractivity contribution in [1.29, 1.82) is 0 Å². The van der Waals surface area contributed by atoms with Gasteiger partial charge in [-0.05, 0) is 168 Å². The number of benzene rings is 4. The van der Waals surface area contributed by atoms with Gasteiger partial charge in [0.05, 0.1) is 0 Å². The molecule has 0 spiro atoms. The number of aryl methyl sites for hydroxylation is 7. The molecule has 0 radical (unpaired) electrons. The van der Waals surface area contributed by atoms with Gasteiger partial charge in [-0.1, -0.05) is 138 Å². The van der Waals surface area contributed by atoms with Gasteiger partial charge in [0.25, 0.3) is 0 Å². The third-order valence-corrected chi connectivity index (χ3v) is 11.9. The summed E-state index contributed by atoms with van der Waals surface area (Å²) in [4.78, 5) is 0. The molecule has 3 N–H and O–H groups in total. The fourth-order valence-corrected chi connectivity index (χ4v) is 7.57. The summed E-state index contributed by atoms with van der Waals surface area (Å²) in [6.07, 6.45) is 13.7. The molecule has 304 valence electrons. The van der Waals surface area contributed by atoms with Gasteiger partial charge in [0, 0.05) is 0 Å². The molecule has 0 aliphatic heterocycles. The van der Waals surface area contributed by atoms with Crippen LogP contribution < -0.4 is 0 Å². The predicted octanol–water partition coefficient (Wildman–Crippen LogP) is 14.7. The lowest BCUT2D eigenvalue weighted by atomic mass is 9.78. The van der Waals surface area contributed by atoms with E-state index in [1.165, 1.54) is 90.3 Å². The highest BCUT2D eigenvalue weighted by atomic mass is 16.3. The molecule has 0 atom stereocenters. The van der Waals surface area contributed by atoms with E-state index in [1.807, 2.05) is 44.2 Å². The summed E-state index contributed by atoms with van der Waals surface area (Å²) in [6, 6.07) is 24.5. The number of hydrogen-bond acceptors (Lipinski definition) is 3. The molecule has 4 aromatic rings. The fraction of sp³-hybridized carbons (Fsp3) is 0.538. The lowest BCUT2D eigenvalue weighted by Crippen LogP contribution is -2.16. The van der Waals surface area contributed by atoms with E-state index in [0.717, 1.165) is 53.9 Å². The largest absolute Gasteiger partial charge is 0.508 e. The second-order valence-electron chi connectivity index (χ2n) is 17.7. The fourth-order valence-electron chi connectivity index (χ4n) is 7.57. The predicted molar refractivity (Wildman–Crippen MR) is 239 cm³/mol. The van der Waals surface area contributed by atoms with Gasteiger partial charge >= 0.3 is 0 Å². The highest BCUT2D eigenvalue weighted by molar-refractivity contribution is 5.40. The third-order valence-electron chi connectivity index (χ3n) is 11.9. The highest BCUT2D eigenvalue weighted by Crippen LogP contribution is 2.33. The molecule has 6 rings (SSSR count). The average Bonchev–Trinajstić information content (AvgIpc) is 3.14. The summed E-state index contributed by atoms with van der Waals surface area (Å²) < 4.78 is 0. The molecule has 0 amide bonds. The molecule has 3 heteroatoms. The van der Waals surface area contributed by atoms with Crippen molar-refractivity contribution in [3.63, 3.8) is 0 Å². The maximum absolute atomic E-state index is 9.89. The zero-order chi connectivity index (χ0) is 41.1. The molecule has 2 fully saturated rings. The SMILES string of the molecule is CC1CCC(C(C)C)CC1.CC1CCC(C(C)C)CC1.Cc1ccc(O)c(CCc2cc(C)cc(C)c2C)c1.Cc1ccc(O)cc1.Cc1ccc(O)cc1. The molecule has 2 aliphatic carbocycles. The monoisotopic (exact) mass is 751 g/mol. The van der Waals surface area contributed by atoms with Crippen molar-refractivity contribution < 1.29 is 15.3 Å². The van der Waals surface area contributed by atoms with Gasteiger partial charge < -0.3 is 15.3 Å². The molecule has 2 aliphatic rings. The molecule has 55 heavy (non-hydrogen) atoms. The second-order valence-corrected chi connectivity index (χ2v) is 17.7. The van der Waals surface area contributed by atoms with Gasteiger partial charge in [-0.3, -0.25) is 0 Å². The van der Waals surface area contributed by atoms with Crippen molar-refractivity contribution in [2.75, 3.05) is 0 Å². The van der Waals surface area contributed by atoms with Crippen molar-refractivity contribution in [1.82, 2.24) is 0 Å². The van der Waals surface area contributed by atoms with Crippen LogP contribution in [0.2, 0.25) is 0 Å². The Labute approximate surface area is 337 Å². The van der Waals surface area contributed by atoms with E-state index in [4.69, 9.17) is 10.2 Å². The third kappa shape index (κ3) is 19.1. The normalized spacial score (nSPS) is 19.0. The summed E-state index contributed by atoms with van der Waals surface area (Å²) >= 11 is 0. The van der Waals surface area contributed by atoms with Crippen LogP contribution >= 0.6 is 0 Å². The van der Waals surface area contributed by atoms with Gasteiger partial charge in [-0.25, -0.2) is 0 Å². The maximum atomic E-state index is 9.89. The van der Waals surface area contributed by atoms with E-state index in [2.05, 4.69) is 87.4 Å². The Morgan fingerprint density at radius 1 is 0.455 bits per heavy atom. The van der Waals surface area contributed by atoms with Crippen LogP contribution in [0.25, 0.3) is 0 Å². The molecule has 0 saturated heterocycles. The lowest BCUT2D eigenvalue weighted by molar-refractivity contribution is 0.234. The number of phenols is 3. The Bertz CT molecular complexity index is 1510. The first-order chi connectivity index (χ1) is 25.9. The summed E-state index contributed by atoms with van der Waals surface area (Å²) in [7, 11) is 0. The van der Waals surface area contributed by atoms with Gasteiger partial charge in [0.1, 0.15) is 17.2 Å². The lowest BCUT2D eigenvalue weighted by Gasteiger charge is -2.28. The first-order valence-corrected chi connectivity index (χ1v) is 21.3. The summed E-state index contributed by atoms with van der Waals surface area (Å²) in [5.74, 6) is 7.01. The van der Waals surface area contributed by atoms with Crippen LogP contribution in [-0.4, -0.2) is 15.3 Å². The number of aromatic hydroxyl groups is 3. The van der Waals surface area contributed by atoms with Crippen LogP contribution in [0.5, 0.6) is 17.2 Å². The van der Waals surface area contributed by atoms with E-state index in [9.17, 15) is 5.11 Å². The molecule has 0 heterocycles. The quantitative estimate of drug-likeness (QED) is 0.190. The highest BCUT2D eigenvalue weighted by Gasteiger charge is 2.21. The zero-order valence-electron chi connectivity index (χ0n) is 36.9. The molecule has 3 nitrogen and oxygen atoms in total. The van der Waals surface area contributed by atoms with Crippen LogP contribution in [0.3, 0.4) is 0 Å². The smallest absolute Gasteiger partial charge is 0.118 e. The molecule has 0 unspecified atom stereocenters. The van der Waals surface area contributed by atoms with Crippen molar-refractivity contribution in [3.05, 3.63) is 123 Å². The van der Waals surface area contributed by atoms with Crippen LogP contribution in [0.4, 0.5) is 0 Å². The first kappa shape index (κ1) is 47.4. The van der Waals surface area contributed by atoms with Gasteiger partial charge in [-0.15, -0.1) is 0 Å². The van der Waals surface area contributed by atoms with E-state index in [0.29, 0.717) is 17.2 Å². The van der Waals surface area contributed by atoms with E-state index in [-0.39, 0.29) is 0 Å². The number of phenolic OH excluding ortho intramolecular Hbond substituents is 3. The minimum absolute atomic E-state index is 0.329. The molecule has 0 aromatic heterocycles. The Kier molecular flexibility index (Phi) is 21.3. The Balaban J connectivity index is 0.000000250. The maximum Gasteiger partial charge on any atom is 0.118 e. The molecular formula is C52H78O3. The minimum atomic E-state index is 0.329.